The van der Waals surface area contributed by atoms with Gasteiger partial charge in [-0.1, -0.05) is 192 Å². The molecule has 0 aromatic rings. The van der Waals surface area contributed by atoms with E-state index >= 15 is 0 Å². The third-order valence-corrected chi connectivity index (χ3v) is 11.6. The van der Waals surface area contributed by atoms with E-state index in [2.05, 4.69) is 55.6 Å². The molecule has 0 aliphatic carbocycles. The Labute approximate surface area is 353 Å². The summed E-state index contributed by atoms with van der Waals surface area (Å²) in [5.74, 6) is -0.171. The predicted octanol–water partition coefficient (Wildman–Crippen LogP) is 12.8. The summed E-state index contributed by atoms with van der Waals surface area (Å²) in [6.07, 6.45) is 49.1. The van der Waals surface area contributed by atoms with Crippen molar-refractivity contribution in [3.8, 4) is 0 Å². The van der Waals surface area contributed by atoms with E-state index in [9.17, 15) is 19.4 Å². The number of amides is 1. The van der Waals surface area contributed by atoms with Crippen molar-refractivity contribution in [2.75, 3.05) is 40.9 Å². The van der Waals surface area contributed by atoms with Crippen LogP contribution in [0.3, 0.4) is 0 Å². The number of quaternary nitrogens is 1. The number of nitrogens with one attached hydrogen (secondary N) is 1. The van der Waals surface area contributed by atoms with Crippen molar-refractivity contribution in [2.45, 2.75) is 225 Å². The molecule has 9 heteroatoms. The van der Waals surface area contributed by atoms with Crippen molar-refractivity contribution in [3.05, 3.63) is 36.5 Å². The molecule has 0 saturated heterocycles. The number of unbranched alkanes of at least 4 members (excludes halogenated alkanes) is 24. The van der Waals surface area contributed by atoms with Crippen LogP contribution in [0.15, 0.2) is 36.5 Å². The minimum Gasteiger partial charge on any atom is -0.756 e. The van der Waals surface area contributed by atoms with Gasteiger partial charge in [0.15, 0.2) is 0 Å². The second-order valence-corrected chi connectivity index (χ2v) is 18.9. The number of likely N-dealkylation sites (N-methyl/N-ethyl adjacent to an activating group) is 1. The molecule has 8 nitrogen and oxygen atoms in total. The van der Waals surface area contributed by atoms with Gasteiger partial charge in [0.1, 0.15) is 13.2 Å². The summed E-state index contributed by atoms with van der Waals surface area (Å²) in [6, 6.07) is -0.796. The zero-order valence-corrected chi connectivity index (χ0v) is 38.9. The Morgan fingerprint density at radius 3 is 1.47 bits per heavy atom. The number of carbonyl (C=O) groups is 1. The largest absolute Gasteiger partial charge is 0.756 e. The summed E-state index contributed by atoms with van der Waals surface area (Å²) in [5, 5.41) is 13.8. The van der Waals surface area contributed by atoms with Crippen LogP contribution in [0, 0.1) is 0 Å². The van der Waals surface area contributed by atoms with Crippen molar-refractivity contribution < 1.29 is 32.9 Å². The molecular weight excluding hydrogens is 732 g/mol. The molecule has 2 N–H and O–H groups in total. The SMILES string of the molecule is CCCCCCC/C=C\C/C=C\C/C=C\CCCCCCCCCCCCCCCCC(=O)NC(COP(=O)([O-])OCC[N+](C)(C)C)C(O)CCCCCCCC. The number of aliphatic hydroxyl groups is 1. The van der Waals surface area contributed by atoms with Crippen LogP contribution in [0.25, 0.3) is 0 Å². The number of hydrogen-bond donors (Lipinski definition) is 2. The second-order valence-electron chi connectivity index (χ2n) is 17.5. The number of phosphoric acid groups is 1. The van der Waals surface area contributed by atoms with E-state index in [1.807, 2.05) is 21.1 Å². The van der Waals surface area contributed by atoms with Crippen LogP contribution >= 0.6 is 7.82 Å². The van der Waals surface area contributed by atoms with Gasteiger partial charge in [-0.3, -0.25) is 9.36 Å². The van der Waals surface area contributed by atoms with E-state index in [1.165, 1.54) is 135 Å². The fourth-order valence-corrected chi connectivity index (χ4v) is 7.53. The van der Waals surface area contributed by atoms with E-state index in [1.54, 1.807) is 0 Å². The van der Waals surface area contributed by atoms with Crippen molar-refractivity contribution in [2.24, 2.45) is 0 Å². The predicted molar refractivity (Wildman–Crippen MR) is 242 cm³/mol. The lowest BCUT2D eigenvalue weighted by molar-refractivity contribution is -0.870. The molecule has 0 spiro atoms. The Morgan fingerprint density at radius 1 is 0.614 bits per heavy atom. The molecule has 336 valence electrons. The summed E-state index contributed by atoms with van der Waals surface area (Å²) < 4.78 is 23.1. The van der Waals surface area contributed by atoms with E-state index in [4.69, 9.17) is 9.05 Å². The van der Waals surface area contributed by atoms with Crippen molar-refractivity contribution in [1.82, 2.24) is 5.32 Å². The van der Waals surface area contributed by atoms with Gasteiger partial charge >= 0.3 is 0 Å². The standard InChI is InChI=1S/C48H93N2O6P/c1-6-8-10-12-14-15-16-17-18-19-20-21-22-23-24-25-26-27-28-29-30-31-32-33-34-35-36-38-40-42-48(52)49-46(47(51)41-39-37-13-11-9-7-2)45-56-57(53,54)55-44-43-50(3,4)5/h16-17,19-20,22-23,46-47,51H,6-15,18,21,24-45H2,1-5H3,(H-,49,52,53,54)/b17-16-,20-19-,23-22-. The maximum absolute atomic E-state index is 12.8. The van der Waals surface area contributed by atoms with Crippen LogP contribution in [0.2, 0.25) is 0 Å². The minimum atomic E-state index is -4.55. The normalized spacial score (nSPS) is 14.6. The van der Waals surface area contributed by atoms with E-state index in [0.717, 1.165) is 51.4 Å². The lowest BCUT2D eigenvalue weighted by Crippen LogP contribution is -2.46. The molecule has 57 heavy (non-hydrogen) atoms. The van der Waals surface area contributed by atoms with E-state index in [-0.39, 0.29) is 19.1 Å². The molecule has 0 heterocycles. The zero-order valence-electron chi connectivity index (χ0n) is 38.0. The van der Waals surface area contributed by atoms with Gasteiger partial charge in [-0.2, -0.15) is 0 Å². The van der Waals surface area contributed by atoms with Crippen LogP contribution in [0.4, 0.5) is 0 Å². The zero-order chi connectivity index (χ0) is 42.1. The average molecular weight is 825 g/mol. The lowest BCUT2D eigenvalue weighted by Gasteiger charge is -2.30. The summed E-state index contributed by atoms with van der Waals surface area (Å²) in [5.41, 5.74) is 0. The Hall–Kier alpha value is -1.28. The van der Waals surface area contributed by atoms with Gasteiger partial charge in [-0.15, -0.1) is 0 Å². The summed E-state index contributed by atoms with van der Waals surface area (Å²) in [4.78, 5) is 25.2. The molecular formula is C48H93N2O6P. The molecule has 0 aromatic heterocycles. The van der Waals surface area contributed by atoms with Crippen molar-refractivity contribution in [3.63, 3.8) is 0 Å². The first-order chi connectivity index (χ1) is 27.5. The lowest BCUT2D eigenvalue weighted by atomic mass is 10.0. The Bertz CT molecular complexity index is 1030. The van der Waals surface area contributed by atoms with Crippen molar-refractivity contribution >= 4 is 13.7 Å². The topological polar surface area (TPSA) is 108 Å². The molecule has 1 amide bonds. The fraction of sp³-hybridized carbons (Fsp3) is 0.854. The number of hydrogen-bond acceptors (Lipinski definition) is 6. The molecule has 0 aliphatic heterocycles. The van der Waals surface area contributed by atoms with E-state index in [0.29, 0.717) is 23.9 Å². The second kappa shape index (κ2) is 40.1. The van der Waals surface area contributed by atoms with Gasteiger partial charge < -0.3 is 28.8 Å². The highest BCUT2D eigenvalue weighted by Gasteiger charge is 2.24. The highest BCUT2D eigenvalue weighted by molar-refractivity contribution is 7.45. The highest BCUT2D eigenvalue weighted by Crippen LogP contribution is 2.38. The maximum atomic E-state index is 12.8. The molecule has 0 bridgehead atoms. The first-order valence-electron chi connectivity index (χ1n) is 23.8. The molecule has 0 aliphatic rings. The van der Waals surface area contributed by atoms with Gasteiger partial charge in [0.05, 0.1) is 39.9 Å². The first-order valence-corrected chi connectivity index (χ1v) is 25.3. The van der Waals surface area contributed by atoms with Crippen LogP contribution in [-0.2, 0) is 18.4 Å². The van der Waals surface area contributed by atoms with Crippen molar-refractivity contribution in [1.29, 1.82) is 0 Å². The van der Waals surface area contributed by atoms with Crippen LogP contribution in [0.1, 0.15) is 213 Å². The monoisotopic (exact) mass is 825 g/mol. The number of phosphoric ester groups is 1. The van der Waals surface area contributed by atoms with Crippen LogP contribution in [0.5, 0.6) is 0 Å². The Morgan fingerprint density at radius 2 is 1.02 bits per heavy atom. The molecule has 0 aromatic carbocycles. The van der Waals surface area contributed by atoms with Gasteiger partial charge in [-0.05, 0) is 51.4 Å². The smallest absolute Gasteiger partial charge is 0.268 e. The molecule has 3 unspecified atom stereocenters. The number of rotatable bonds is 43. The molecule has 0 radical (unpaired) electrons. The Kier molecular flexibility index (Phi) is 39.2. The van der Waals surface area contributed by atoms with Gasteiger partial charge in [0.2, 0.25) is 5.91 Å². The molecule has 0 rings (SSSR count). The molecule has 0 fully saturated rings. The molecule has 0 saturated carbocycles. The quantitative estimate of drug-likeness (QED) is 0.0274. The minimum absolute atomic E-state index is 0.0114. The van der Waals surface area contributed by atoms with Gasteiger partial charge in [0, 0.05) is 6.42 Å². The summed E-state index contributed by atoms with van der Waals surface area (Å²) >= 11 is 0. The summed E-state index contributed by atoms with van der Waals surface area (Å²) in [7, 11) is 1.30. The average Bonchev–Trinajstić information content (AvgIpc) is 3.16. The van der Waals surface area contributed by atoms with Crippen LogP contribution in [-0.4, -0.2) is 68.5 Å². The van der Waals surface area contributed by atoms with Crippen LogP contribution < -0.4 is 10.2 Å². The van der Waals surface area contributed by atoms with Gasteiger partial charge in [-0.25, -0.2) is 0 Å². The van der Waals surface area contributed by atoms with Gasteiger partial charge in [0.25, 0.3) is 7.82 Å². The van der Waals surface area contributed by atoms with E-state index < -0.39 is 20.0 Å². The number of carbonyl (C=O) groups excluding carboxylic acids is 1. The number of nitrogens with zero attached hydrogens (tertiary/aromatic N) is 1. The summed E-state index contributed by atoms with van der Waals surface area (Å²) in [6.45, 7) is 4.64. The third kappa shape index (κ3) is 42.6. The number of allylic oxidation sites excluding steroid dienone is 6. The third-order valence-electron chi connectivity index (χ3n) is 10.6. The Balaban J connectivity index is 3.94. The first kappa shape index (κ1) is 55.7. The maximum Gasteiger partial charge on any atom is 0.268 e. The number of aliphatic hydroxyl groups excluding tert-OH is 1. The highest BCUT2D eigenvalue weighted by atomic mass is 31.2. The fourth-order valence-electron chi connectivity index (χ4n) is 6.81. The molecule has 3 atom stereocenters.